The monoisotopic (exact) mass is 1020 g/mol. The molecule has 0 aliphatic heterocycles. The van der Waals surface area contributed by atoms with Crippen LogP contribution in [0.4, 0.5) is 0 Å². The third kappa shape index (κ3) is 59.9. The van der Waals surface area contributed by atoms with Crippen molar-refractivity contribution in [1.82, 2.24) is 0 Å². The third-order valence-electron chi connectivity index (χ3n) is 14.0. The zero-order valence-corrected chi connectivity index (χ0v) is 48.7. The number of carbonyl (C=O) groups excluding carboxylic acids is 3. The van der Waals surface area contributed by atoms with Gasteiger partial charge >= 0.3 is 17.9 Å². The molecule has 0 aromatic carbocycles. The molecule has 0 aromatic rings. The molecule has 6 heteroatoms. The first-order chi connectivity index (χ1) is 36.0. The average molecular weight is 1020 g/mol. The number of unbranched alkanes of at least 4 members (excludes halogenated alkanes) is 37. The second kappa shape index (κ2) is 61.7. The van der Waals surface area contributed by atoms with E-state index >= 15 is 0 Å². The number of hydrogen-bond acceptors (Lipinski definition) is 6. The van der Waals surface area contributed by atoms with Crippen molar-refractivity contribution in [3.8, 4) is 0 Å². The van der Waals surface area contributed by atoms with E-state index in [4.69, 9.17) is 14.2 Å². The van der Waals surface area contributed by atoms with Crippen LogP contribution < -0.4 is 0 Å². The molecule has 0 aromatic heterocycles. The molecule has 0 saturated carbocycles. The van der Waals surface area contributed by atoms with E-state index in [0.717, 1.165) is 96.3 Å². The minimum Gasteiger partial charge on any atom is -0.462 e. The molecule has 0 amide bonds. The first-order valence-corrected chi connectivity index (χ1v) is 31.8. The first-order valence-electron chi connectivity index (χ1n) is 31.8. The molecule has 1 unspecified atom stereocenters. The molecule has 1 atom stereocenters. The zero-order chi connectivity index (χ0) is 52.9. The summed E-state index contributed by atoms with van der Waals surface area (Å²) in [6.45, 7) is 6.62. The van der Waals surface area contributed by atoms with E-state index in [9.17, 15) is 14.4 Å². The topological polar surface area (TPSA) is 78.9 Å². The zero-order valence-electron chi connectivity index (χ0n) is 48.7. The molecule has 0 radical (unpaired) electrons. The van der Waals surface area contributed by atoms with Gasteiger partial charge in [0.15, 0.2) is 6.10 Å². The van der Waals surface area contributed by atoms with Gasteiger partial charge in [-0.3, -0.25) is 14.4 Å². The lowest BCUT2D eigenvalue weighted by atomic mass is 10.0. The smallest absolute Gasteiger partial charge is 0.306 e. The number of carbonyl (C=O) groups is 3. The van der Waals surface area contributed by atoms with Gasteiger partial charge in [0.1, 0.15) is 13.2 Å². The number of ether oxygens (including phenoxy) is 3. The van der Waals surface area contributed by atoms with Crippen LogP contribution in [0.1, 0.15) is 329 Å². The maximum Gasteiger partial charge on any atom is 0.306 e. The van der Waals surface area contributed by atoms with Crippen LogP contribution in [-0.4, -0.2) is 37.2 Å². The first kappa shape index (κ1) is 70.1. The lowest BCUT2D eigenvalue weighted by Crippen LogP contribution is -2.30. The molecule has 0 bridgehead atoms. The number of hydrogen-bond donors (Lipinski definition) is 0. The summed E-state index contributed by atoms with van der Waals surface area (Å²) in [5.41, 5.74) is 0. The highest BCUT2D eigenvalue weighted by Gasteiger charge is 2.19. The fraction of sp³-hybridized carbons (Fsp3) is 0.806. The van der Waals surface area contributed by atoms with Crippen molar-refractivity contribution >= 4 is 17.9 Å². The van der Waals surface area contributed by atoms with Gasteiger partial charge in [0.2, 0.25) is 0 Å². The van der Waals surface area contributed by atoms with E-state index in [2.05, 4.69) is 81.5 Å². The standard InChI is InChI=1S/C67H120O6/c1-4-7-10-13-16-19-22-25-28-30-31-32-33-34-35-36-37-38-40-42-45-48-51-54-57-60-66(69)72-63-64(62-71-65(68)59-56-53-50-47-44-41-27-24-21-18-15-12-9-6-3)73-67(70)61-58-55-52-49-46-43-39-29-26-23-20-17-14-11-8-5-2/h20,22-25,27,29-31,39,64H,4-19,21,26,28,32-38,40-63H2,1-3H3/b23-20-,25-22-,27-24-,31-30-,39-29-. The Labute approximate surface area is 453 Å². The van der Waals surface area contributed by atoms with Gasteiger partial charge in [-0.25, -0.2) is 0 Å². The molecule has 0 aliphatic carbocycles. The van der Waals surface area contributed by atoms with Crippen LogP contribution in [-0.2, 0) is 28.6 Å². The molecule has 0 rings (SSSR count). The van der Waals surface area contributed by atoms with Crippen LogP contribution in [0.3, 0.4) is 0 Å². The van der Waals surface area contributed by atoms with E-state index < -0.39 is 6.10 Å². The van der Waals surface area contributed by atoms with E-state index in [1.165, 1.54) is 193 Å². The Morgan fingerprint density at radius 3 is 0.781 bits per heavy atom. The summed E-state index contributed by atoms with van der Waals surface area (Å²) < 4.78 is 16.9. The molecule has 0 fully saturated rings. The van der Waals surface area contributed by atoms with Gasteiger partial charge < -0.3 is 14.2 Å². The van der Waals surface area contributed by atoms with Gasteiger partial charge in [-0.1, -0.05) is 261 Å². The summed E-state index contributed by atoms with van der Waals surface area (Å²) in [5, 5.41) is 0. The summed E-state index contributed by atoms with van der Waals surface area (Å²) in [6, 6.07) is 0. The van der Waals surface area contributed by atoms with Crippen molar-refractivity contribution in [2.24, 2.45) is 0 Å². The summed E-state index contributed by atoms with van der Waals surface area (Å²) in [6.07, 6.45) is 77.9. The Bertz CT molecular complexity index is 1310. The highest BCUT2D eigenvalue weighted by atomic mass is 16.6. The van der Waals surface area contributed by atoms with Crippen molar-refractivity contribution in [2.75, 3.05) is 13.2 Å². The number of esters is 3. The van der Waals surface area contributed by atoms with Crippen molar-refractivity contribution in [1.29, 1.82) is 0 Å². The Kier molecular flexibility index (Phi) is 59.2. The second-order valence-electron chi connectivity index (χ2n) is 21.3. The highest BCUT2D eigenvalue weighted by molar-refractivity contribution is 5.71. The molecule has 424 valence electrons. The van der Waals surface area contributed by atoms with Gasteiger partial charge in [0.25, 0.3) is 0 Å². The maximum absolute atomic E-state index is 12.9. The van der Waals surface area contributed by atoms with Crippen molar-refractivity contribution in [3.63, 3.8) is 0 Å². The van der Waals surface area contributed by atoms with Crippen molar-refractivity contribution < 1.29 is 28.6 Å². The minimum absolute atomic E-state index is 0.0811. The lowest BCUT2D eigenvalue weighted by Gasteiger charge is -2.18. The molecular formula is C67H120O6. The molecule has 73 heavy (non-hydrogen) atoms. The van der Waals surface area contributed by atoms with Crippen molar-refractivity contribution in [3.05, 3.63) is 60.8 Å². The fourth-order valence-electron chi connectivity index (χ4n) is 9.15. The molecule has 0 spiro atoms. The van der Waals surface area contributed by atoms with Crippen LogP contribution in [0, 0.1) is 0 Å². The quantitative estimate of drug-likeness (QED) is 0.0261. The Morgan fingerprint density at radius 1 is 0.274 bits per heavy atom. The largest absolute Gasteiger partial charge is 0.462 e. The average Bonchev–Trinajstić information content (AvgIpc) is 3.39. The van der Waals surface area contributed by atoms with E-state index in [0.29, 0.717) is 19.3 Å². The molecule has 0 saturated heterocycles. The van der Waals surface area contributed by atoms with E-state index in [-0.39, 0.29) is 31.1 Å². The van der Waals surface area contributed by atoms with Crippen LogP contribution in [0.2, 0.25) is 0 Å². The van der Waals surface area contributed by atoms with Crippen LogP contribution >= 0.6 is 0 Å². The predicted molar refractivity (Wildman–Crippen MR) is 316 cm³/mol. The molecule has 6 nitrogen and oxygen atoms in total. The normalized spacial score (nSPS) is 12.4. The summed E-state index contributed by atoms with van der Waals surface area (Å²) in [4.78, 5) is 38.3. The van der Waals surface area contributed by atoms with Gasteiger partial charge in [0.05, 0.1) is 0 Å². The van der Waals surface area contributed by atoms with Gasteiger partial charge in [-0.15, -0.1) is 0 Å². The summed E-state index contributed by atoms with van der Waals surface area (Å²) >= 11 is 0. The summed E-state index contributed by atoms with van der Waals surface area (Å²) in [5.74, 6) is -0.890. The van der Waals surface area contributed by atoms with Gasteiger partial charge in [-0.2, -0.15) is 0 Å². The fourth-order valence-corrected chi connectivity index (χ4v) is 9.15. The predicted octanol–water partition coefficient (Wildman–Crippen LogP) is 21.6. The Balaban J connectivity index is 4.30. The van der Waals surface area contributed by atoms with Crippen LogP contribution in [0.25, 0.3) is 0 Å². The Hall–Kier alpha value is -2.89. The molecule has 0 aliphatic rings. The second-order valence-corrected chi connectivity index (χ2v) is 21.3. The van der Waals surface area contributed by atoms with Crippen LogP contribution in [0.15, 0.2) is 60.8 Å². The molecule has 0 N–H and O–H groups in total. The lowest BCUT2D eigenvalue weighted by molar-refractivity contribution is -0.167. The summed E-state index contributed by atoms with van der Waals surface area (Å²) in [7, 11) is 0. The van der Waals surface area contributed by atoms with Gasteiger partial charge in [0, 0.05) is 19.3 Å². The maximum atomic E-state index is 12.9. The number of allylic oxidation sites excluding steroid dienone is 10. The van der Waals surface area contributed by atoms with Crippen molar-refractivity contribution in [2.45, 2.75) is 335 Å². The van der Waals surface area contributed by atoms with E-state index in [1.54, 1.807) is 0 Å². The number of rotatable bonds is 58. The SMILES string of the molecule is CCCCCC/C=C\C/C=C\CCCCCCCC(=O)OC(COC(=O)CCCCCCC/C=C\CCCCCCC)COC(=O)CCCCCCCCCCCCCCC/C=C\C/C=C\CCCCCCC. The van der Waals surface area contributed by atoms with Gasteiger partial charge in [-0.05, 0) is 109 Å². The minimum atomic E-state index is -0.785. The molecule has 0 heterocycles. The third-order valence-corrected chi connectivity index (χ3v) is 14.0. The van der Waals surface area contributed by atoms with E-state index in [1.807, 2.05) is 0 Å². The molecular weight excluding hydrogens is 901 g/mol. The van der Waals surface area contributed by atoms with Crippen LogP contribution in [0.5, 0.6) is 0 Å². The Morgan fingerprint density at radius 2 is 0.493 bits per heavy atom. The highest BCUT2D eigenvalue weighted by Crippen LogP contribution is 2.16.